The summed E-state index contributed by atoms with van der Waals surface area (Å²) < 4.78 is 3.30. The molecule has 12 nitrogen and oxygen atoms in total. The minimum absolute atomic E-state index is 0.0549. The molecule has 0 radical (unpaired) electrons. The lowest BCUT2D eigenvalue weighted by molar-refractivity contribution is -0.128. The van der Waals surface area contributed by atoms with Crippen LogP contribution in [0.3, 0.4) is 0 Å². The number of hydrogen-bond donors (Lipinski definition) is 3. The second kappa shape index (κ2) is 8.75. The first-order valence-electron chi connectivity index (χ1n) is 12.5. The van der Waals surface area contributed by atoms with Crippen LogP contribution in [0.1, 0.15) is 54.6 Å². The van der Waals surface area contributed by atoms with Crippen LogP contribution >= 0.6 is 0 Å². The lowest BCUT2D eigenvalue weighted by Crippen LogP contribution is -2.50. The number of nitrogen functional groups attached to an aromatic ring is 1. The van der Waals surface area contributed by atoms with E-state index in [0.717, 1.165) is 41.2 Å². The molecule has 6 rings (SSSR count). The van der Waals surface area contributed by atoms with Gasteiger partial charge in [-0.2, -0.15) is 14.7 Å². The number of anilines is 1. The number of nitrogens with zero attached hydrogens (tertiary/aromatic N) is 7. The minimum atomic E-state index is -0.350. The van der Waals surface area contributed by atoms with Gasteiger partial charge in [-0.3, -0.25) is 19.7 Å². The molecule has 2 atom stereocenters. The number of amidine groups is 1. The fraction of sp³-hybridized carbons (Fsp3) is 0.346. The second-order valence-corrected chi connectivity index (χ2v) is 10.1. The zero-order valence-corrected chi connectivity index (χ0v) is 21.1. The number of nitrogens with two attached hydrogens (primary N) is 2. The summed E-state index contributed by atoms with van der Waals surface area (Å²) >= 11 is 0. The number of aliphatic imine (C=N–C) groups is 1. The van der Waals surface area contributed by atoms with Crippen LogP contribution in [0, 0.1) is 5.41 Å². The summed E-state index contributed by atoms with van der Waals surface area (Å²) in [7, 11) is 1.88. The zero-order chi connectivity index (χ0) is 26.7. The number of aryl methyl sites for hydroxylation is 1. The Morgan fingerprint density at radius 2 is 1.95 bits per heavy atom. The Morgan fingerprint density at radius 1 is 1.21 bits per heavy atom. The quantitative estimate of drug-likeness (QED) is 0.213. The molecule has 38 heavy (non-hydrogen) atoms. The van der Waals surface area contributed by atoms with Crippen molar-refractivity contribution >= 4 is 46.2 Å². The number of hydrogen-bond acceptors (Lipinski definition) is 7. The molecule has 0 saturated carbocycles. The molecule has 2 saturated heterocycles. The molecule has 2 aliphatic rings. The third kappa shape index (κ3) is 3.63. The topological polar surface area (TPSA) is 174 Å². The third-order valence-electron chi connectivity index (χ3n) is 7.77. The van der Waals surface area contributed by atoms with Crippen molar-refractivity contribution in [2.45, 2.75) is 50.6 Å². The summed E-state index contributed by atoms with van der Waals surface area (Å²) in [5.74, 6) is -0.512. The van der Waals surface area contributed by atoms with Crippen molar-refractivity contribution in [1.82, 2.24) is 29.3 Å². The van der Waals surface area contributed by atoms with Crippen molar-refractivity contribution in [3.63, 3.8) is 0 Å². The van der Waals surface area contributed by atoms with Crippen molar-refractivity contribution in [1.29, 1.82) is 5.41 Å². The Bertz CT molecular complexity index is 1650. The van der Waals surface area contributed by atoms with E-state index in [2.05, 4.69) is 15.2 Å². The smallest absolute Gasteiger partial charge is 0.289 e. The fourth-order valence-corrected chi connectivity index (χ4v) is 6.19. The van der Waals surface area contributed by atoms with Gasteiger partial charge < -0.3 is 16.4 Å². The Hall–Kier alpha value is -4.61. The molecule has 2 unspecified atom stereocenters. The van der Waals surface area contributed by atoms with E-state index in [4.69, 9.17) is 21.9 Å². The Balaban J connectivity index is 1.43. The lowest BCUT2D eigenvalue weighted by atomic mass is 9.85. The highest BCUT2D eigenvalue weighted by Crippen LogP contribution is 2.44. The summed E-state index contributed by atoms with van der Waals surface area (Å²) in [5, 5.41) is 17.2. The number of carbonyl (C=O) groups is 2. The monoisotopic (exact) mass is 512 g/mol. The lowest BCUT2D eigenvalue weighted by Gasteiger charge is -2.39. The number of nitrogens with one attached hydrogen (secondary N) is 1. The van der Waals surface area contributed by atoms with Gasteiger partial charge in [0.2, 0.25) is 0 Å². The molecule has 3 aromatic heterocycles. The molecule has 1 aromatic carbocycles. The van der Waals surface area contributed by atoms with Gasteiger partial charge in [0.25, 0.3) is 5.91 Å². The molecule has 0 aliphatic carbocycles. The van der Waals surface area contributed by atoms with E-state index in [1.165, 1.54) is 11.4 Å². The number of fused-ring (bicyclic) bond motifs is 4. The van der Waals surface area contributed by atoms with E-state index < -0.39 is 0 Å². The molecule has 2 bridgehead atoms. The Labute approximate surface area is 217 Å². The maximum Gasteiger partial charge on any atom is 0.289 e. The number of ketones is 1. The highest BCUT2D eigenvalue weighted by molar-refractivity contribution is 6.38. The van der Waals surface area contributed by atoms with Crippen LogP contribution < -0.4 is 11.5 Å². The second-order valence-electron chi connectivity index (χ2n) is 10.1. The maximum absolute atomic E-state index is 12.9. The standard InChI is InChI=1S/C26H28N10O2/c1-13(37)21-22(16-7-17-5-6-18(8-16)35(17)26(38)23(28)30-12-27)32-25-19(10-31-36(25)24(21)29)14-3-4-15-11-34(2)33-20(15)9-14/h3-4,9-12,16-18H,5-8,29H2,1-2H3,(H3,27,28,30). The van der Waals surface area contributed by atoms with Crippen molar-refractivity contribution in [2.24, 2.45) is 17.8 Å². The van der Waals surface area contributed by atoms with Crippen LogP contribution in [-0.2, 0) is 11.8 Å². The van der Waals surface area contributed by atoms with Gasteiger partial charge in [0.05, 0.1) is 23.0 Å². The summed E-state index contributed by atoms with van der Waals surface area (Å²) in [6.45, 7) is 1.49. The van der Waals surface area contributed by atoms with Gasteiger partial charge in [0.1, 0.15) is 12.2 Å². The maximum atomic E-state index is 12.9. The first kappa shape index (κ1) is 23.8. The van der Waals surface area contributed by atoms with Gasteiger partial charge in [-0.05, 0) is 44.2 Å². The van der Waals surface area contributed by atoms with Crippen LogP contribution in [-0.4, -0.2) is 65.2 Å². The first-order chi connectivity index (χ1) is 18.3. The van der Waals surface area contributed by atoms with Crippen molar-refractivity contribution in [3.8, 4) is 11.1 Å². The van der Waals surface area contributed by atoms with E-state index in [-0.39, 0.29) is 41.3 Å². The Kier molecular flexibility index (Phi) is 5.47. The molecule has 1 amide bonds. The van der Waals surface area contributed by atoms with E-state index in [9.17, 15) is 9.59 Å². The number of rotatable bonds is 4. The molecule has 194 valence electrons. The van der Waals surface area contributed by atoms with Crippen LogP contribution in [0.5, 0.6) is 0 Å². The first-order valence-corrected chi connectivity index (χ1v) is 12.5. The van der Waals surface area contributed by atoms with Gasteiger partial charge in [0, 0.05) is 42.2 Å². The average molecular weight is 513 g/mol. The number of carbonyl (C=O) groups excluding carboxylic acids is 2. The molecule has 2 aliphatic heterocycles. The van der Waals surface area contributed by atoms with E-state index in [1.54, 1.807) is 15.8 Å². The summed E-state index contributed by atoms with van der Waals surface area (Å²) in [6.07, 6.45) is 7.38. The minimum Gasteiger partial charge on any atom is -0.383 e. The van der Waals surface area contributed by atoms with Gasteiger partial charge >= 0.3 is 0 Å². The summed E-state index contributed by atoms with van der Waals surface area (Å²) in [4.78, 5) is 36.2. The van der Waals surface area contributed by atoms with Gasteiger partial charge in [-0.25, -0.2) is 9.98 Å². The van der Waals surface area contributed by atoms with Crippen molar-refractivity contribution < 1.29 is 9.59 Å². The summed E-state index contributed by atoms with van der Waals surface area (Å²) in [5.41, 5.74) is 16.5. The SMILES string of the molecule is CC(=O)c1c(C2CC3CCC(C2)N3C(=O)C(N)=NC=N)nc2c(-c3ccc4cn(C)nc4c3)cnn2c1N. The predicted molar refractivity (Wildman–Crippen MR) is 143 cm³/mol. The van der Waals surface area contributed by atoms with E-state index in [0.29, 0.717) is 29.7 Å². The molecule has 2 fully saturated rings. The molecule has 5 heterocycles. The van der Waals surface area contributed by atoms with Gasteiger partial charge in [0.15, 0.2) is 17.3 Å². The molecule has 5 N–H and O–H groups in total. The van der Waals surface area contributed by atoms with E-state index in [1.807, 2.05) is 31.4 Å². The average Bonchev–Trinajstić information content (AvgIpc) is 3.55. The number of amides is 1. The predicted octanol–water partition coefficient (Wildman–Crippen LogP) is 2.27. The van der Waals surface area contributed by atoms with Crippen molar-refractivity contribution in [3.05, 3.63) is 41.9 Å². The van der Waals surface area contributed by atoms with Crippen LogP contribution in [0.15, 0.2) is 35.6 Å². The number of piperidine rings is 1. The number of Topliss-reactive ketones (excluding diaryl/α,β-unsaturated/α-hetero) is 1. The molecular formula is C26H28N10O2. The number of benzene rings is 1. The fourth-order valence-electron chi connectivity index (χ4n) is 6.19. The van der Waals surface area contributed by atoms with Crippen molar-refractivity contribution in [2.75, 3.05) is 5.73 Å². The summed E-state index contributed by atoms with van der Waals surface area (Å²) in [6, 6.07) is 5.89. The highest BCUT2D eigenvalue weighted by atomic mass is 16.2. The molecule has 0 spiro atoms. The van der Waals surface area contributed by atoms with Crippen LogP contribution in [0.25, 0.3) is 27.7 Å². The molecular weight excluding hydrogens is 484 g/mol. The largest absolute Gasteiger partial charge is 0.383 e. The zero-order valence-electron chi connectivity index (χ0n) is 21.1. The van der Waals surface area contributed by atoms with Crippen LogP contribution in [0.2, 0.25) is 0 Å². The Morgan fingerprint density at radius 3 is 2.63 bits per heavy atom. The third-order valence-corrected chi connectivity index (χ3v) is 7.77. The number of aromatic nitrogens is 5. The van der Waals surface area contributed by atoms with E-state index >= 15 is 0 Å². The van der Waals surface area contributed by atoms with Gasteiger partial charge in [-0.1, -0.05) is 12.1 Å². The van der Waals surface area contributed by atoms with Gasteiger partial charge in [-0.15, -0.1) is 0 Å². The molecule has 12 heteroatoms. The highest BCUT2D eigenvalue weighted by Gasteiger charge is 2.45. The normalized spacial score (nSPS) is 21.4. The van der Waals surface area contributed by atoms with Crippen LogP contribution in [0.4, 0.5) is 5.82 Å². The molecule has 4 aromatic rings.